The summed E-state index contributed by atoms with van der Waals surface area (Å²) in [5.41, 5.74) is 4.04. The number of nitrogen functional groups attached to an aromatic ring is 1. The van der Waals surface area contributed by atoms with E-state index in [9.17, 15) is 18.3 Å². The molecule has 0 bridgehead atoms. The van der Waals surface area contributed by atoms with Gasteiger partial charge in [-0.2, -0.15) is 37.9 Å². The van der Waals surface area contributed by atoms with Gasteiger partial charge in [0.05, 0.1) is 12.1 Å². The molecule has 4 rings (SSSR count). The molecule has 1 aliphatic rings. The van der Waals surface area contributed by atoms with Crippen LogP contribution in [0.15, 0.2) is 41.8 Å². The molecule has 11 heteroatoms. The molecule has 1 atom stereocenters. The number of aryl methyl sites for hydroxylation is 1. The van der Waals surface area contributed by atoms with Crippen molar-refractivity contribution in [1.82, 2.24) is 19.6 Å². The summed E-state index contributed by atoms with van der Waals surface area (Å²) in [7, 11) is 0. The summed E-state index contributed by atoms with van der Waals surface area (Å²) in [6.07, 6.45) is -4.64. The number of aliphatic hydroxyl groups is 1. The Morgan fingerprint density at radius 1 is 1.22 bits per heavy atom. The van der Waals surface area contributed by atoms with Crippen LogP contribution in [-0.2, 0) is 0 Å². The quantitative estimate of drug-likeness (QED) is 0.707. The number of nitrogens with two attached hydrogens (primary N) is 1. The maximum absolute atomic E-state index is 13.8. The zero-order chi connectivity index (χ0) is 19.4. The van der Waals surface area contributed by atoms with E-state index in [-0.39, 0.29) is 23.1 Å². The van der Waals surface area contributed by atoms with E-state index in [1.165, 1.54) is 6.07 Å². The number of rotatable bonds is 2. The SMILES string of the molecule is Cc1ccc(C2=NN(c3nc(N)cc4ncnn34)[C@@](O)(C(F)(F)F)C2)cc1. The first-order valence-electron chi connectivity index (χ1n) is 7.89. The molecule has 0 spiro atoms. The predicted molar refractivity (Wildman–Crippen MR) is 91.0 cm³/mol. The van der Waals surface area contributed by atoms with Crippen LogP contribution in [0.3, 0.4) is 0 Å². The fourth-order valence-corrected chi connectivity index (χ4v) is 2.85. The van der Waals surface area contributed by atoms with Crippen molar-refractivity contribution in [3.8, 4) is 0 Å². The lowest BCUT2D eigenvalue weighted by Gasteiger charge is -2.33. The topological polar surface area (TPSA) is 105 Å². The van der Waals surface area contributed by atoms with Gasteiger partial charge in [0.15, 0.2) is 5.65 Å². The van der Waals surface area contributed by atoms with Gasteiger partial charge >= 0.3 is 6.18 Å². The summed E-state index contributed by atoms with van der Waals surface area (Å²) in [5.74, 6) is -0.460. The molecule has 1 aromatic carbocycles. The number of alkyl halides is 3. The van der Waals surface area contributed by atoms with Crippen LogP contribution in [0.1, 0.15) is 17.5 Å². The Balaban J connectivity index is 1.90. The number of hydrazone groups is 1. The summed E-state index contributed by atoms with van der Waals surface area (Å²) < 4.78 is 42.4. The summed E-state index contributed by atoms with van der Waals surface area (Å²) in [4.78, 5) is 7.81. The van der Waals surface area contributed by atoms with Crippen molar-refractivity contribution in [3.05, 3.63) is 47.8 Å². The number of benzene rings is 1. The molecule has 0 unspecified atom stereocenters. The second-order valence-corrected chi connectivity index (χ2v) is 6.23. The molecule has 0 aliphatic carbocycles. The fourth-order valence-electron chi connectivity index (χ4n) is 2.85. The average molecular weight is 377 g/mol. The summed E-state index contributed by atoms with van der Waals surface area (Å²) in [6.45, 7) is 1.86. The molecule has 0 amide bonds. The van der Waals surface area contributed by atoms with Crippen LogP contribution in [-0.4, -0.2) is 42.3 Å². The highest BCUT2D eigenvalue weighted by atomic mass is 19.4. The number of halogens is 3. The first kappa shape index (κ1) is 17.2. The second-order valence-electron chi connectivity index (χ2n) is 6.23. The van der Waals surface area contributed by atoms with Gasteiger partial charge in [-0.15, -0.1) is 0 Å². The highest BCUT2D eigenvalue weighted by molar-refractivity contribution is 6.03. The third-order valence-electron chi connectivity index (χ3n) is 4.28. The third-order valence-corrected chi connectivity index (χ3v) is 4.28. The minimum Gasteiger partial charge on any atom is -0.383 e. The largest absolute Gasteiger partial charge is 0.438 e. The van der Waals surface area contributed by atoms with Crippen LogP contribution < -0.4 is 10.7 Å². The first-order chi connectivity index (χ1) is 12.7. The number of aromatic nitrogens is 4. The second kappa shape index (κ2) is 5.64. The van der Waals surface area contributed by atoms with Crippen molar-refractivity contribution in [3.63, 3.8) is 0 Å². The molecule has 0 saturated heterocycles. The van der Waals surface area contributed by atoms with Gasteiger partial charge < -0.3 is 10.8 Å². The Labute approximate surface area is 150 Å². The monoisotopic (exact) mass is 377 g/mol. The molecular weight excluding hydrogens is 363 g/mol. The van der Waals surface area contributed by atoms with Crippen molar-refractivity contribution in [1.29, 1.82) is 0 Å². The third kappa shape index (κ3) is 2.67. The van der Waals surface area contributed by atoms with E-state index < -0.39 is 18.3 Å². The van der Waals surface area contributed by atoms with Crippen LogP contribution in [0, 0.1) is 6.92 Å². The first-order valence-corrected chi connectivity index (χ1v) is 7.89. The van der Waals surface area contributed by atoms with Crippen LogP contribution >= 0.6 is 0 Å². The molecule has 3 heterocycles. The van der Waals surface area contributed by atoms with E-state index in [2.05, 4.69) is 20.2 Å². The molecule has 3 N–H and O–H groups in total. The molecule has 8 nitrogen and oxygen atoms in total. The molecule has 0 fully saturated rings. The maximum atomic E-state index is 13.8. The number of hydrogen-bond acceptors (Lipinski definition) is 7. The van der Waals surface area contributed by atoms with Crippen LogP contribution in [0.4, 0.5) is 24.9 Å². The van der Waals surface area contributed by atoms with Gasteiger partial charge in [0.2, 0.25) is 0 Å². The van der Waals surface area contributed by atoms with Crippen molar-refractivity contribution >= 4 is 23.1 Å². The smallest absolute Gasteiger partial charge is 0.383 e. The lowest BCUT2D eigenvalue weighted by molar-refractivity contribution is -0.254. The Bertz CT molecular complexity index is 1040. The Kier molecular flexibility index (Phi) is 3.60. The van der Waals surface area contributed by atoms with E-state index in [1.54, 1.807) is 24.3 Å². The van der Waals surface area contributed by atoms with Gasteiger partial charge in [-0.05, 0) is 12.5 Å². The minimum absolute atomic E-state index is 0.0623. The highest BCUT2D eigenvalue weighted by Crippen LogP contribution is 2.43. The van der Waals surface area contributed by atoms with Gasteiger partial charge in [0, 0.05) is 6.07 Å². The van der Waals surface area contributed by atoms with Crippen LogP contribution in [0.25, 0.3) is 5.65 Å². The Morgan fingerprint density at radius 2 is 1.93 bits per heavy atom. The summed E-state index contributed by atoms with van der Waals surface area (Å²) in [5, 5.41) is 18.8. The zero-order valence-corrected chi connectivity index (χ0v) is 14.0. The fraction of sp³-hybridized carbons (Fsp3) is 0.250. The van der Waals surface area contributed by atoms with Gasteiger partial charge in [0.25, 0.3) is 11.7 Å². The molecule has 27 heavy (non-hydrogen) atoms. The highest BCUT2D eigenvalue weighted by Gasteiger charge is 2.63. The number of anilines is 2. The number of fused-ring (bicyclic) bond motifs is 1. The number of nitrogens with zero attached hydrogens (tertiary/aromatic N) is 6. The molecule has 1 aliphatic heterocycles. The van der Waals surface area contributed by atoms with E-state index in [0.29, 0.717) is 10.6 Å². The normalized spacial score (nSPS) is 20.3. The van der Waals surface area contributed by atoms with Crippen molar-refractivity contribution in [2.45, 2.75) is 25.2 Å². The van der Waals surface area contributed by atoms with Crippen molar-refractivity contribution in [2.75, 3.05) is 10.7 Å². The van der Waals surface area contributed by atoms with Gasteiger partial charge in [-0.1, -0.05) is 29.8 Å². The van der Waals surface area contributed by atoms with Crippen molar-refractivity contribution in [2.24, 2.45) is 5.10 Å². The van der Waals surface area contributed by atoms with Gasteiger partial charge in [-0.25, -0.2) is 4.98 Å². The Hall–Kier alpha value is -3.21. The molecule has 2 aromatic heterocycles. The van der Waals surface area contributed by atoms with E-state index in [4.69, 9.17) is 5.73 Å². The molecular formula is C16H14F3N7O. The molecule has 140 valence electrons. The lowest BCUT2D eigenvalue weighted by Crippen LogP contribution is -2.55. The van der Waals surface area contributed by atoms with E-state index >= 15 is 0 Å². The van der Waals surface area contributed by atoms with E-state index in [1.807, 2.05) is 6.92 Å². The minimum atomic E-state index is -5.01. The lowest BCUT2D eigenvalue weighted by atomic mass is 10.0. The van der Waals surface area contributed by atoms with E-state index in [0.717, 1.165) is 16.4 Å². The summed E-state index contributed by atoms with van der Waals surface area (Å²) >= 11 is 0. The zero-order valence-electron chi connectivity index (χ0n) is 14.0. The Morgan fingerprint density at radius 3 is 2.59 bits per heavy atom. The van der Waals surface area contributed by atoms with Crippen molar-refractivity contribution < 1.29 is 18.3 Å². The molecule has 0 radical (unpaired) electrons. The number of hydrogen-bond donors (Lipinski definition) is 2. The predicted octanol–water partition coefficient (Wildman–Crippen LogP) is 1.88. The van der Waals surface area contributed by atoms with Gasteiger partial charge in [-0.3, -0.25) is 0 Å². The van der Waals surface area contributed by atoms with Crippen LogP contribution in [0.2, 0.25) is 0 Å². The maximum Gasteiger partial charge on any atom is 0.438 e. The van der Waals surface area contributed by atoms with Gasteiger partial charge in [0.1, 0.15) is 12.1 Å². The average Bonchev–Trinajstić information content (AvgIpc) is 3.19. The summed E-state index contributed by atoms with van der Waals surface area (Å²) in [6, 6.07) is 8.14. The molecule has 0 saturated carbocycles. The standard InChI is InChI=1S/C16H14F3N7O/c1-9-2-4-10(5-3-9)11-7-15(27,16(17,18)19)26(24-11)14-23-12(20)6-13-21-8-22-25(13)14/h2-6,8,27H,7,20H2,1H3/t15-/m0/s1. The van der Waals surface area contributed by atoms with Crippen LogP contribution in [0.5, 0.6) is 0 Å². The molecule has 3 aromatic rings.